The van der Waals surface area contributed by atoms with E-state index in [0.717, 1.165) is 11.3 Å². The Morgan fingerprint density at radius 1 is 0.500 bits per heavy atom. The summed E-state index contributed by atoms with van der Waals surface area (Å²) in [6.45, 7) is 0. The zero-order chi connectivity index (χ0) is 30.7. The second-order valence-electron chi connectivity index (χ2n) is 9.98. The highest BCUT2D eigenvalue weighted by Crippen LogP contribution is 2.19. The van der Waals surface area contributed by atoms with Crippen LogP contribution in [0.1, 0.15) is 37.8 Å². The average Bonchev–Trinajstić information content (AvgIpc) is 3.28. The fraction of sp³-hybridized carbons (Fsp3) is 0.0556. The van der Waals surface area contributed by atoms with E-state index >= 15 is 0 Å². The van der Waals surface area contributed by atoms with Crippen LogP contribution >= 0.6 is 0 Å². The van der Waals surface area contributed by atoms with Crippen LogP contribution in [-0.4, -0.2) is 23.6 Å². The van der Waals surface area contributed by atoms with Gasteiger partial charge in [-0.1, -0.05) is 54.6 Å². The molecule has 1 aliphatic rings. The van der Waals surface area contributed by atoms with Gasteiger partial charge in [-0.05, 0) is 90.9 Å². The highest BCUT2D eigenvalue weighted by molar-refractivity contribution is 6.08. The number of carbonyl (C=O) groups excluding carboxylic acids is 4. The summed E-state index contributed by atoms with van der Waals surface area (Å²) in [5.41, 5.74) is 4.68. The number of para-hydroxylation sites is 2. The summed E-state index contributed by atoms with van der Waals surface area (Å²) in [6, 6.07) is 31.5. The maximum absolute atomic E-state index is 12.9. The Morgan fingerprint density at radius 3 is 1.48 bits per heavy atom. The number of nitrogens with one attached hydrogen (secondary N) is 4. The second-order valence-corrected chi connectivity index (χ2v) is 9.98. The molecule has 0 spiro atoms. The number of amides is 4. The second kappa shape index (κ2) is 14.2. The van der Waals surface area contributed by atoms with Gasteiger partial charge in [-0.15, -0.1) is 0 Å². The van der Waals surface area contributed by atoms with Gasteiger partial charge in [0, 0.05) is 43.7 Å². The van der Waals surface area contributed by atoms with Crippen LogP contribution in [0, 0.1) is 0 Å². The third-order valence-corrected chi connectivity index (χ3v) is 6.72. The van der Waals surface area contributed by atoms with Gasteiger partial charge < -0.3 is 21.3 Å². The lowest BCUT2D eigenvalue weighted by molar-refractivity contribution is -0.115. The van der Waals surface area contributed by atoms with E-state index in [1.54, 1.807) is 78.9 Å². The number of rotatable bonds is 9. The van der Waals surface area contributed by atoms with Gasteiger partial charge in [-0.25, -0.2) is 0 Å². The van der Waals surface area contributed by atoms with Gasteiger partial charge in [0.25, 0.3) is 17.7 Å². The first kappa shape index (κ1) is 29.5. The minimum absolute atomic E-state index is 0. The van der Waals surface area contributed by atoms with Crippen molar-refractivity contribution in [1.82, 2.24) is 0 Å². The van der Waals surface area contributed by atoms with Crippen LogP contribution in [0.3, 0.4) is 0 Å². The molecule has 0 heterocycles. The molecule has 0 fully saturated rings. The highest BCUT2D eigenvalue weighted by Gasteiger charge is 2.13. The van der Waals surface area contributed by atoms with Gasteiger partial charge in [0.2, 0.25) is 5.91 Å². The summed E-state index contributed by atoms with van der Waals surface area (Å²) in [5, 5.41) is 11.4. The van der Waals surface area contributed by atoms with Crippen molar-refractivity contribution in [2.45, 2.75) is 12.8 Å². The number of allylic oxidation sites excluding steroid dienone is 3. The molecule has 4 aromatic rings. The van der Waals surface area contributed by atoms with Crippen molar-refractivity contribution in [2.24, 2.45) is 0 Å². The first-order valence-corrected chi connectivity index (χ1v) is 14.0. The number of hydrogen-bond acceptors (Lipinski definition) is 4. The van der Waals surface area contributed by atoms with Crippen molar-refractivity contribution >= 4 is 46.4 Å². The monoisotopic (exact) mass is 588 g/mol. The Balaban J connectivity index is 0.00000256. The molecule has 4 N–H and O–H groups in total. The molecule has 0 radical (unpaired) electrons. The molecule has 4 amide bonds. The van der Waals surface area contributed by atoms with E-state index in [1.807, 2.05) is 54.6 Å². The smallest absolute Gasteiger partial charge is 0.255 e. The summed E-state index contributed by atoms with van der Waals surface area (Å²) >= 11 is 0. The molecule has 8 nitrogen and oxygen atoms in total. The van der Waals surface area contributed by atoms with E-state index in [4.69, 9.17) is 0 Å². The molecular formula is C36H36N4O4. The van der Waals surface area contributed by atoms with E-state index in [-0.39, 0.29) is 34.3 Å². The summed E-state index contributed by atoms with van der Waals surface area (Å²) in [7, 11) is 0. The van der Waals surface area contributed by atoms with E-state index in [1.165, 1.54) is 0 Å². The molecule has 44 heavy (non-hydrogen) atoms. The predicted octanol–water partition coefficient (Wildman–Crippen LogP) is 7.71. The van der Waals surface area contributed by atoms with E-state index in [0.29, 0.717) is 40.2 Å². The number of hydrogen-bond donors (Lipinski definition) is 4. The lowest BCUT2D eigenvalue weighted by Gasteiger charge is -2.09. The Morgan fingerprint density at radius 2 is 0.955 bits per heavy atom. The molecule has 0 saturated carbocycles. The third kappa shape index (κ3) is 8.27. The van der Waals surface area contributed by atoms with Crippen LogP contribution in [0.2, 0.25) is 0 Å². The lowest BCUT2D eigenvalue weighted by Crippen LogP contribution is -2.15. The largest absolute Gasteiger partial charge is 0.326 e. The number of carbonyl (C=O) groups is 4. The molecular weight excluding hydrogens is 552 g/mol. The van der Waals surface area contributed by atoms with Gasteiger partial charge in [0.1, 0.15) is 0 Å². The number of anilines is 4. The maximum atomic E-state index is 12.9. The van der Waals surface area contributed by atoms with E-state index < -0.39 is 0 Å². The van der Waals surface area contributed by atoms with Crippen molar-refractivity contribution in [3.05, 3.63) is 156 Å². The van der Waals surface area contributed by atoms with Crippen LogP contribution < -0.4 is 21.3 Å². The predicted molar refractivity (Wildman–Crippen MR) is 180 cm³/mol. The van der Waals surface area contributed by atoms with Crippen molar-refractivity contribution in [1.29, 1.82) is 0 Å². The zero-order valence-corrected chi connectivity index (χ0v) is 23.7. The molecule has 5 rings (SSSR count). The maximum Gasteiger partial charge on any atom is 0.255 e. The normalized spacial score (nSPS) is 12.2. The van der Waals surface area contributed by atoms with Crippen LogP contribution in [0.4, 0.5) is 22.7 Å². The summed E-state index contributed by atoms with van der Waals surface area (Å²) in [4.78, 5) is 50.5. The fourth-order valence-corrected chi connectivity index (χ4v) is 4.42. The Hall–Kier alpha value is -6.02. The van der Waals surface area contributed by atoms with Crippen LogP contribution in [0.15, 0.2) is 145 Å². The van der Waals surface area contributed by atoms with E-state index in [9.17, 15) is 19.2 Å². The van der Waals surface area contributed by atoms with Gasteiger partial charge in [0.05, 0.1) is 6.42 Å². The van der Waals surface area contributed by atoms with Crippen molar-refractivity contribution in [3.8, 4) is 0 Å². The Kier molecular flexibility index (Phi) is 9.54. The standard InChI is InChI=1S/C36H30N4O4.3H2/c41-33(37-29-10-3-1-4-11-29)24-25-8-7-9-26(15-14-25)34(42)39-31-20-22-32(23-21-31)40-36(44)28-18-16-27(17-19-28)35(43)38-30-12-5-2-6-13-30;;;/h1-6,8-23H,7,24H2,(H,37,41)(H,38,43)(H,39,42)(H,40,44);3*1H. The molecule has 224 valence electrons. The Bertz CT molecular complexity index is 1760. The first-order chi connectivity index (χ1) is 21.4. The lowest BCUT2D eigenvalue weighted by atomic mass is 10.1. The molecule has 0 aromatic heterocycles. The molecule has 0 bridgehead atoms. The molecule has 0 saturated heterocycles. The molecule has 0 aliphatic heterocycles. The van der Waals surface area contributed by atoms with Crippen molar-refractivity contribution in [3.63, 3.8) is 0 Å². The average molecular weight is 589 g/mol. The minimum atomic E-state index is -0.327. The molecule has 0 atom stereocenters. The van der Waals surface area contributed by atoms with Crippen LogP contribution in [-0.2, 0) is 9.59 Å². The molecule has 0 unspecified atom stereocenters. The van der Waals surface area contributed by atoms with Crippen molar-refractivity contribution in [2.75, 3.05) is 21.3 Å². The summed E-state index contributed by atoms with van der Waals surface area (Å²) < 4.78 is 0. The zero-order valence-electron chi connectivity index (χ0n) is 23.7. The fourth-order valence-electron chi connectivity index (χ4n) is 4.42. The molecule has 8 heteroatoms. The minimum Gasteiger partial charge on any atom is -0.326 e. The molecule has 1 aliphatic carbocycles. The highest BCUT2D eigenvalue weighted by atomic mass is 16.2. The van der Waals surface area contributed by atoms with Gasteiger partial charge in [-0.3, -0.25) is 19.2 Å². The Labute approximate surface area is 259 Å². The third-order valence-electron chi connectivity index (χ3n) is 6.72. The SMILES string of the molecule is O=C(CC1=CCC=C(C(=O)Nc2ccc(NC(=O)c3ccc(C(=O)Nc4ccccc4)cc3)cc2)C=C1)Nc1ccccc1.[HH].[HH].[HH]. The topological polar surface area (TPSA) is 116 Å². The van der Waals surface area contributed by atoms with Crippen LogP contribution in [0.5, 0.6) is 0 Å². The molecule has 4 aromatic carbocycles. The summed E-state index contributed by atoms with van der Waals surface area (Å²) in [5.74, 6) is -1.00. The van der Waals surface area contributed by atoms with Gasteiger partial charge >= 0.3 is 0 Å². The van der Waals surface area contributed by atoms with Gasteiger partial charge in [0.15, 0.2) is 0 Å². The quantitative estimate of drug-likeness (QED) is 0.160. The van der Waals surface area contributed by atoms with Crippen molar-refractivity contribution < 1.29 is 23.5 Å². The van der Waals surface area contributed by atoms with Gasteiger partial charge in [-0.2, -0.15) is 0 Å². The summed E-state index contributed by atoms with van der Waals surface area (Å²) in [6.07, 6.45) is 7.94. The van der Waals surface area contributed by atoms with E-state index in [2.05, 4.69) is 21.3 Å². The number of benzene rings is 4. The van der Waals surface area contributed by atoms with Crippen LogP contribution in [0.25, 0.3) is 0 Å². The first-order valence-electron chi connectivity index (χ1n) is 14.0.